The highest BCUT2D eigenvalue weighted by Crippen LogP contribution is 2.66. The summed E-state index contributed by atoms with van der Waals surface area (Å²) in [6, 6.07) is 23.4. The number of aromatic nitrogens is 2. The fourth-order valence-electron chi connectivity index (χ4n) is 5.92. The maximum atomic E-state index is 15.8. The predicted octanol–water partition coefficient (Wildman–Crippen LogP) is 5.38. The van der Waals surface area contributed by atoms with Gasteiger partial charge in [-0.2, -0.15) is 18.3 Å². The smallest absolute Gasteiger partial charge is 0.414 e. The van der Waals surface area contributed by atoms with Crippen molar-refractivity contribution in [2.45, 2.75) is 37.6 Å². The van der Waals surface area contributed by atoms with Gasteiger partial charge in [-0.15, -0.1) is 0 Å². The lowest BCUT2D eigenvalue weighted by Crippen LogP contribution is -2.66. The van der Waals surface area contributed by atoms with Crippen molar-refractivity contribution in [2.75, 3.05) is 11.5 Å². The Labute approximate surface area is 227 Å². The van der Waals surface area contributed by atoms with Gasteiger partial charge in [0.1, 0.15) is 0 Å². The van der Waals surface area contributed by atoms with Crippen molar-refractivity contribution in [3.05, 3.63) is 107 Å². The molecular formula is C30H24F3N3O4. The zero-order valence-electron chi connectivity index (χ0n) is 21.6. The van der Waals surface area contributed by atoms with Crippen molar-refractivity contribution in [3.63, 3.8) is 0 Å². The number of nitrogens with zero attached hydrogens (tertiary/aromatic N) is 3. The Hall–Kier alpha value is -4.60. The standard InChI is InChI=1S/C30H24F3N3O4/c1-3-39-27(38)28(30(31,32)33)24-19(2)34-36(21-14-8-5-9-15-21)25(24)40-29(28)22-16-10-11-17-23(22)35(26(29)37)18-20-12-6-4-7-13-20/h4-17H,3,18H2,1-2H3/t28-,29-/m0/s1. The number of amides is 1. The van der Waals surface area contributed by atoms with Gasteiger partial charge in [0.25, 0.3) is 5.91 Å². The molecule has 3 aromatic carbocycles. The van der Waals surface area contributed by atoms with Crippen molar-refractivity contribution in [2.24, 2.45) is 0 Å². The highest BCUT2D eigenvalue weighted by Gasteiger charge is 2.85. The second kappa shape index (κ2) is 8.97. The number of anilines is 1. The summed E-state index contributed by atoms with van der Waals surface area (Å²) < 4.78 is 60.0. The maximum absolute atomic E-state index is 15.8. The van der Waals surface area contributed by atoms with Crippen LogP contribution in [0.5, 0.6) is 5.88 Å². The number of halogens is 3. The highest BCUT2D eigenvalue weighted by molar-refractivity contribution is 6.13. The number of hydrogen-bond acceptors (Lipinski definition) is 5. The molecule has 10 heteroatoms. The van der Waals surface area contributed by atoms with Crippen LogP contribution >= 0.6 is 0 Å². The fraction of sp³-hybridized carbons (Fsp3) is 0.233. The summed E-state index contributed by atoms with van der Waals surface area (Å²) in [4.78, 5) is 29.6. The van der Waals surface area contributed by atoms with Gasteiger partial charge in [-0.05, 0) is 37.6 Å². The minimum absolute atomic E-state index is 0.0291. The molecule has 0 aliphatic carbocycles. The molecule has 0 saturated carbocycles. The first-order valence-electron chi connectivity index (χ1n) is 12.7. The Balaban J connectivity index is 1.68. The molecule has 0 unspecified atom stereocenters. The SMILES string of the molecule is CCOC(=O)[C@@]1(C(F)(F)F)c2c(C)nn(-c3ccccc3)c2O[C@@]12C(=O)N(Cc1ccccc1)c1ccccc12. The van der Waals surface area contributed by atoms with Crippen LogP contribution < -0.4 is 9.64 Å². The Bertz CT molecular complexity index is 1620. The van der Waals surface area contributed by atoms with Crippen LogP contribution in [0.25, 0.3) is 5.69 Å². The topological polar surface area (TPSA) is 73.7 Å². The number of hydrogen-bond donors (Lipinski definition) is 0. The zero-order valence-corrected chi connectivity index (χ0v) is 21.6. The van der Waals surface area contributed by atoms with E-state index in [1.807, 2.05) is 0 Å². The van der Waals surface area contributed by atoms with E-state index in [4.69, 9.17) is 9.47 Å². The molecule has 204 valence electrons. The number of rotatable bonds is 5. The Morgan fingerprint density at radius 3 is 2.25 bits per heavy atom. The fourth-order valence-corrected chi connectivity index (χ4v) is 5.92. The Kier molecular flexibility index (Phi) is 5.76. The van der Waals surface area contributed by atoms with E-state index in [9.17, 15) is 9.59 Å². The van der Waals surface area contributed by atoms with Crippen LogP contribution in [-0.2, 0) is 31.9 Å². The van der Waals surface area contributed by atoms with Crippen molar-refractivity contribution in [1.29, 1.82) is 0 Å². The zero-order chi connectivity index (χ0) is 28.3. The Morgan fingerprint density at radius 2 is 1.60 bits per heavy atom. The molecule has 2 aliphatic heterocycles. The van der Waals surface area contributed by atoms with Gasteiger partial charge in [0, 0.05) is 5.56 Å². The summed E-state index contributed by atoms with van der Waals surface area (Å²) in [6.45, 7) is 2.42. The largest absolute Gasteiger partial charge is 0.465 e. The molecule has 0 saturated heterocycles. The number of esters is 1. The van der Waals surface area contributed by atoms with E-state index < -0.39 is 34.6 Å². The van der Waals surface area contributed by atoms with Gasteiger partial charge in [-0.3, -0.25) is 9.59 Å². The maximum Gasteiger partial charge on any atom is 0.414 e. The van der Waals surface area contributed by atoms with Crippen LogP contribution in [0.1, 0.15) is 29.3 Å². The van der Waals surface area contributed by atoms with Gasteiger partial charge >= 0.3 is 12.1 Å². The van der Waals surface area contributed by atoms with Crippen LogP contribution in [0.2, 0.25) is 0 Å². The number of alkyl halides is 3. The van der Waals surface area contributed by atoms with E-state index in [1.165, 1.54) is 35.6 Å². The number of ether oxygens (including phenoxy) is 2. The predicted molar refractivity (Wildman–Crippen MR) is 139 cm³/mol. The molecule has 2 atom stereocenters. The molecule has 2 aliphatic rings. The molecule has 6 rings (SSSR count). The van der Waals surface area contributed by atoms with E-state index in [0.717, 1.165) is 0 Å². The van der Waals surface area contributed by atoms with E-state index in [1.54, 1.807) is 72.8 Å². The lowest BCUT2D eigenvalue weighted by atomic mass is 9.65. The van der Waals surface area contributed by atoms with Gasteiger partial charge < -0.3 is 14.4 Å². The van der Waals surface area contributed by atoms with Gasteiger partial charge in [0.15, 0.2) is 0 Å². The van der Waals surface area contributed by atoms with Crippen LogP contribution in [0.15, 0.2) is 84.9 Å². The summed E-state index contributed by atoms with van der Waals surface area (Å²) in [5.74, 6) is -2.97. The van der Waals surface area contributed by atoms with E-state index >= 15 is 13.2 Å². The van der Waals surface area contributed by atoms with E-state index in [-0.39, 0.29) is 36.0 Å². The summed E-state index contributed by atoms with van der Waals surface area (Å²) >= 11 is 0. The second-order valence-electron chi connectivity index (χ2n) is 9.66. The monoisotopic (exact) mass is 547 g/mol. The molecule has 1 amide bonds. The molecule has 1 aromatic heterocycles. The third kappa shape index (κ3) is 3.22. The van der Waals surface area contributed by atoms with Crippen LogP contribution in [-0.4, -0.2) is 34.4 Å². The molecule has 1 spiro atoms. The second-order valence-corrected chi connectivity index (χ2v) is 9.66. The highest BCUT2D eigenvalue weighted by atomic mass is 19.4. The first-order valence-corrected chi connectivity index (χ1v) is 12.7. The van der Waals surface area contributed by atoms with Crippen molar-refractivity contribution >= 4 is 17.6 Å². The summed E-state index contributed by atoms with van der Waals surface area (Å²) in [5, 5.41) is 4.34. The third-order valence-corrected chi connectivity index (χ3v) is 7.48. The number of aryl methyl sites for hydroxylation is 1. The van der Waals surface area contributed by atoms with Crippen molar-refractivity contribution in [3.8, 4) is 11.6 Å². The minimum Gasteiger partial charge on any atom is -0.465 e. The number of carbonyl (C=O) groups is 2. The average Bonchev–Trinajstić information content (AvgIpc) is 3.53. The average molecular weight is 548 g/mol. The molecule has 0 fully saturated rings. The molecule has 4 aromatic rings. The quantitative estimate of drug-likeness (QED) is 0.314. The van der Waals surface area contributed by atoms with Gasteiger partial charge in [-0.1, -0.05) is 66.7 Å². The van der Waals surface area contributed by atoms with Gasteiger partial charge in [0.05, 0.1) is 35.8 Å². The first kappa shape index (κ1) is 25.7. The molecule has 0 bridgehead atoms. The normalized spacial score (nSPS) is 21.3. The lowest BCUT2D eigenvalue weighted by Gasteiger charge is -2.40. The number of carbonyl (C=O) groups excluding carboxylic acids is 2. The van der Waals surface area contributed by atoms with Crippen molar-refractivity contribution < 1.29 is 32.2 Å². The molecule has 3 heterocycles. The molecule has 7 nitrogen and oxygen atoms in total. The number of fused-ring (bicyclic) bond motifs is 3. The molecule has 0 radical (unpaired) electrons. The number of benzene rings is 3. The van der Waals surface area contributed by atoms with E-state index in [0.29, 0.717) is 11.3 Å². The summed E-state index contributed by atoms with van der Waals surface area (Å²) in [7, 11) is 0. The summed E-state index contributed by atoms with van der Waals surface area (Å²) in [6.07, 6.45) is -5.31. The molecule has 40 heavy (non-hydrogen) atoms. The van der Waals surface area contributed by atoms with Crippen LogP contribution in [0.4, 0.5) is 18.9 Å². The first-order chi connectivity index (χ1) is 19.2. The lowest BCUT2D eigenvalue weighted by molar-refractivity contribution is -0.237. The van der Waals surface area contributed by atoms with Gasteiger partial charge in [-0.25, -0.2) is 4.68 Å². The molecular weight excluding hydrogens is 523 g/mol. The van der Waals surface area contributed by atoms with Crippen LogP contribution in [0, 0.1) is 6.92 Å². The number of para-hydroxylation sites is 2. The molecule has 0 N–H and O–H groups in total. The Morgan fingerprint density at radius 1 is 0.975 bits per heavy atom. The summed E-state index contributed by atoms with van der Waals surface area (Å²) in [5.41, 5.74) is -5.74. The van der Waals surface area contributed by atoms with Crippen molar-refractivity contribution in [1.82, 2.24) is 9.78 Å². The minimum atomic E-state index is -5.31. The van der Waals surface area contributed by atoms with Gasteiger partial charge in [0.2, 0.25) is 16.9 Å². The third-order valence-electron chi connectivity index (χ3n) is 7.48. The van der Waals surface area contributed by atoms with Crippen LogP contribution in [0.3, 0.4) is 0 Å². The van der Waals surface area contributed by atoms with E-state index in [2.05, 4.69) is 5.10 Å².